The fraction of sp³-hybridized carbons (Fsp3) is 0.833. The van der Waals surface area contributed by atoms with E-state index in [0.717, 1.165) is 12.5 Å². The summed E-state index contributed by atoms with van der Waals surface area (Å²) in [5.41, 5.74) is 0. The second-order valence-electron chi connectivity index (χ2n) is 5.09. The third kappa shape index (κ3) is 16.4. The fourth-order valence-electron chi connectivity index (χ4n) is 2.03. The largest absolute Gasteiger partial charge is 0.679 e. The normalized spacial score (nSPS) is 11.1. The number of carbonyl (C=O) groups excluding carboxylic acids is 1. The number of hydrogen-bond acceptors (Lipinski definition) is 8. The fourth-order valence-corrected chi connectivity index (χ4v) is 5.61. The van der Waals surface area contributed by atoms with Gasteiger partial charge in [-0.25, -0.2) is 4.79 Å². The van der Waals surface area contributed by atoms with E-state index in [1.54, 1.807) is 0 Å². The molecule has 0 amide bonds. The Bertz CT molecular complexity index is 336. The van der Waals surface area contributed by atoms with E-state index in [2.05, 4.69) is 6.58 Å². The minimum atomic E-state index is -2.80. The molecule has 0 bridgehead atoms. The summed E-state index contributed by atoms with van der Waals surface area (Å²) in [5, 5.41) is 0. The number of carbonyl (C=O) groups is 1. The van der Waals surface area contributed by atoms with E-state index in [9.17, 15) is 4.79 Å². The van der Waals surface area contributed by atoms with E-state index in [4.69, 9.17) is 31.3 Å². The zero-order valence-corrected chi connectivity index (χ0v) is 20.6. The van der Waals surface area contributed by atoms with Crippen LogP contribution in [-0.2, 0) is 36.1 Å². The second kappa shape index (κ2) is 21.1. The first-order chi connectivity index (χ1) is 13.5. The van der Waals surface area contributed by atoms with Gasteiger partial charge in [-0.1, -0.05) is 6.58 Å². The number of hydrogen-bond donors (Lipinski definition) is 0. The van der Waals surface area contributed by atoms with Crippen LogP contribution < -0.4 is 0 Å². The van der Waals surface area contributed by atoms with Gasteiger partial charge in [0.2, 0.25) is 0 Å². The molecule has 0 aliphatic rings. The van der Waals surface area contributed by atoms with Crippen molar-refractivity contribution in [3.8, 4) is 0 Å². The summed E-state index contributed by atoms with van der Waals surface area (Å²) in [7, 11) is -4.32. The molecule has 0 radical (unpaired) electrons. The molecule has 0 unspecified atom stereocenters. The molecule has 0 fully saturated rings. The van der Waals surface area contributed by atoms with Gasteiger partial charge >= 0.3 is 24.3 Å². The minimum Gasteiger partial charge on any atom is -0.463 e. The first-order valence-corrected chi connectivity index (χ1v) is 13.5. The van der Waals surface area contributed by atoms with Crippen molar-refractivity contribution in [2.45, 2.75) is 54.0 Å². The van der Waals surface area contributed by atoms with Crippen LogP contribution in [-0.4, -0.2) is 70.5 Å². The molecule has 0 aromatic rings. The molecule has 0 rings (SSSR count). The molecule has 0 aromatic heterocycles. The van der Waals surface area contributed by atoms with Crippen molar-refractivity contribution >= 4 is 24.3 Å². The lowest BCUT2D eigenvalue weighted by Gasteiger charge is -2.26. The van der Waals surface area contributed by atoms with Crippen LogP contribution in [0.15, 0.2) is 12.7 Å². The van der Waals surface area contributed by atoms with Gasteiger partial charge in [-0.3, -0.25) is 0 Å². The smallest absolute Gasteiger partial charge is 0.463 e. The van der Waals surface area contributed by atoms with E-state index < -0.39 is 18.3 Å². The summed E-state index contributed by atoms with van der Waals surface area (Å²) < 4.78 is 37.5. The van der Waals surface area contributed by atoms with Crippen LogP contribution in [0.4, 0.5) is 0 Å². The molecule has 0 N–H and O–H groups in total. The summed E-state index contributed by atoms with van der Waals surface area (Å²) >= 11 is 0. The third-order valence-electron chi connectivity index (χ3n) is 2.98. The van der Waals surface area contributed by atoms with Crippen LogP contribution in [0.25, 0.3) is 0 Å². The molecule has 0 aliphatic carbocycles. The predicted molar refractivity (Wildman–Crippen MR) is 113 cm³/mol. The van der Waals surface area contributed by atoms with Crippen molar-refractivity contribution in [1.29, 1.82) is 0 Å². The molecule has 0 saturated carbocycles. The minimum absolute atomic E-state index is 0.374. The first-order valence-electron chi connectivity index (χ1n) is 10.1. The molecule has 0 heterocycles. The maximum Gasteiger partial charge on any atom is 0.679 e. The van der Waals surface area contributed by atoms with E-state index in [-0.39, 0.29) is 5.97 Å². The van der Waals surface area contributed by atoms with Crippen LogP contribution in [0.2, 0.25) is 6.04 Å². The van der Waals surface area contributed by atoms with Crippen molar-refractivity contribution in [2.24, 2.45) is 0 Å². The van der Waals surface area contributed by atoms with E-state index >= 15 is 0 Å². The number of rotatable bonds is 17. The van der Waals surface area contributed by atoms with Crippen LogP contribution >= 0.6 is 0 Å². The highest BCUT2D eigenvalue weighted by Gasteiger charge is 2.44. The molecule has 0 atom stereocenters. The van der Waals surface area contributed by atoms with E-state index in [1.807, 2.05) is 41.5 Å². The van der Waals surface area contributed by atoms with Gasteiger partial charge in [-0.2, -0.15) is 0 Å². The van der Waals surface area contributed by atoms with Gasteiger partial charge in [-0.15, -0.1) is 0 Å². The molecule has 10 heteroatoms. The lowest BCUT2D eigenvalue weighted by molar-refractivity contribution is -0.137. The molecule has 0 aliphatic heterocycles. The number of esters is 1. The summed E-state index contributed by atoms with van der Waals surface area (Å²) in [6.07, 6.45) is 1.95. The first kappa shape index (κ1) is 29.6. The Morgan fingerprint density at radius 3 is 1.57 bits per heavy atom. The molecule has 0 aromatic carbocycles. The Labute approximate surface area is 173 Å². The zero-order chi connectivity index (χ0) is 21.7. The highest BCUT2D eigenvalue weighted by atomic mass is 28.4. The quantitative estimate of drug-likeness (QED) is 0.148. The van der Waals surface area contributed by atoms with Crippen molar-refractivity contribution in [1.82, 2.24) is 0 Å². The van der Waals surface area contributed by atoms with Crippen molar-refractivity contribution in [3.05, 3.63) is 12.7 Å². The Morgan fingerprint density at radius 2 is 1.25 bits per heavy atom. The van der Waals surface area contributed by atoms with E-state index in [1.165, 1.54) is 6.08 Å². The highest BCUT2D eigenvalue weighted by Crippen LogP contribution is 2.11. The van der Waals surface area contributed by atoms with E-state index in [0.29, 0.717) is 46.2 Å². The standard InChI is InChI=1S/C10H20O4Si.C8H20O4Si/c1-4-10(11)12-8-7-9-15(13-5-2)14-6-3;1-5-9-13(10-6-2,11-7-3)12-8-4/h4,15H,1,5-9H2,2-3H3;5-8H2,1-4H3. The lowest BCUT2D eigenvalue weighted by atomic mass is 10.5. The van der Waals surface area contributed by atoms with Gasteiger partial charge in [0.05, 0.1) is 6.61 Å². The molecule has 0 spiro atoms. The van der Waals surface area contributed by atoms with Gasteiger partial charge in [0.25, 0.3) is 0 Å². The average Bonchev–Trinajstić information content (AvgIpc) is 2.66. The molecule has 28 heavy (non-hydrogen) atoms. The van der Waals surface area contributed by atoms with Gasteiger partial charge in [-0.05, 0) is 54.0 Å². The van der Waals surface area contributed by atoms with Crippen LogP contribution in [0.5, 0.6) is 0 Å². The summed E-state index contributed by atoms with van der Waals surface area (Å²) in [6, 6.07) is 0.867. The Kier molecular flexibility index (Phi) is 22.3. The predicted octanol–water partition coefficient (Wildman–Crippen LogP) is 2.97. The third-order valence-corrected chi connectivity index (χ3v) is 7.84. The average molecular weight is 441 g/mol. The summed E-state index contributed by atoms with van der Waals surface area (Å²) in [5.74, 6) is -0.374. The Morgan fingerprint density at radius 1 is 0.821 bits per heavy atom. The monoisotopic (exact) mass is 440 g/mol. The van der Waals surface area contributed by atoms with Crippen molar-refractivity contribution < 1.29 is 36.1 Å². The Balaban J connectivity index is 0. The SMILES string of the molecule is C=CC(=O)OCCC[SiH](OCC)OCC.CCO[Si](OCC)(OCC)OCC. The highest BCUT2D eigenvalue weighted by molar-refractivity contribution is 6.53. The number of ether oxygens (including phenoxy) is 1. The van der Waals surface area contributed by atoms with Gasteiger partial charge in [0.1, 0.15) is 0 Å². The van der Waals surface area contributed by atoms with Crippen molar-refractivity contribution in [2.75, 3.05) is 46.2 Å². The zero-order valence-electron chi connectivity index (χ0n) is 18.5. The molecule has 0 saturated heterocycles. The molecule has 8 nitrogen and oxygen atoms in total. The maximum absolute atomic E-state index is 10.7. The molecular formula is C18H40O8Si2. The van der Waals surface area contributed by atoms with Gasteiger partial charge < -0.3 is 31.3 Å². The Hall–Kier alpha value is -0.596. The van der Waals surface area contributed by atoms with Crippen LogP contribution in [0.3, 0.4) is 0 Å². The molecule has 168 valence electrons. The summed E-state index contributed by atoms with van der Waals surface area (Å²) in [6.45, 7) is 18.8. The lowest BCUT2D eigenvalue weighted by Crippen LogP contribution is -2.49. The second-order valence-corrected chi connectivity index (χ2v) is 9.34. The topological polar surface area (TPSA) is 81.7 Å². The van der Waals surface area contributed by atoms with Crippen LogP contribution in [0, 0.1) is 0 Å². The van der Waals surface area contributed by atoms with Crippen LogP contribution in [0.1, 0.15) is 48.0 Å². The summed E-state index contributed by atoms with van der Waals surface area (Å²) in [4.78, 5) is 10.7. The van der Waals surface area contributed by atoms with Gasteiger partial charge in [0.15, 0.2) is 0 Å². The van der Waals surface area contributed by atoms with Gasteiger partial charge in [0, 0.05) is 45.7 Å². The molecular weight excluding hydrogens is 400 g/mol. The van der Waals surface area contributed by atoms with Crippen molar-refractivity contribution in [3.63, 3.8) is 0 Å². The maximum atomic E-state index is 10.7.